The van der Waals surface area contributed by atoms with Crippen LogP contribution < -0.4 is 5.32 Å². The molecule has 5 heteroatoms. The van der Waals surface area contributed by atoms with Crippen molar-refractivity contribution in [3.05, 3.63) is 48.3 Å². The average molecular weight is 418 g/mol. The van der Waals surface area contributed by atoms with E-state index in [1.807, 2.05) is 6.07 Å². The van der Waals surface area contributed by atoms with Gasteiger partial charge in [0.25, 0.3) is 0 Å². The third-order valence-corrected chi connectivity index (χ3v) is 5.55. The van der Waals surface area contributed by atoms with Crippen LogP contribution in [0.5, 0.6) is 0 Å². The Bertz CT molecular complexity index is 576. The Kier molecular flexibility index (Phi) is 5.78. The summed E-state index contributed by atoms with van der Waals surface area (Å²) in [4.78, 5) is 5.97. The van der Waals surface area contributed by atoms with Crippen molar-refractivity contribution in [1.29, 1.82) is 0 Å². The Labute approximate surface area is 141 Å². The molecule has 1 unspecified atom stereocenters. The summed E-state index contributed by atoms with van der Waals surface area (Å²) < 4.78 is 2.24. The van der Waals surface area contributed by atoms with Gasteiger partial charge in [-0.15, -0.1) is 11.3 Å². The van der Waals surface area contributed by atoms with Crippen LogP contribution in [-0.2, 0) is 6.42 Å². The molecule has 0 bridgehead atoms. The van der Waals surface area contributed by atoms with Crippen LogP contribution >= 0.6 is 43.2 Å². The van der Waals surface area contributed by atoms with Gasteiger partial charge in [0.15, 0.2) is 0 Å². The van der Waals surface area contributed by atoms with Gasteiger partial charge in [-0.05, 0) is 44.2 Å². The van der Waals surface area contributed by atoms with Gasteiger partial charge in [-0.25, -0.2) is 4.98 Å². The van der Waals surface area contributed by atoms with E-state index < -0.39 is 0 Å². The first-order valence-corrected chi connectivity index (χ1v) is 9.02. The van der Waals surface area contributed by atoms with Crippen LogP contribution in [0.3, 0.4) is 0 Å². The largest absolute Gasteiger partial charge is 0.310 e. The molecule has 20 heavy (non-hydrogen) atoms. The smallest absolute Gasteiger partial charge is 0.0949 e. The summed E-state index contributed by atoms with van der Waals surface area (Å²) in [6.45, 7) is 7.28. The molecule has 1 N–H and O–H groups in total. The minimum atomic E-state index is 0.275. The molecule has 0 saturated heterocycles. The van der Waals surface area contributed by atoms with Gasteiger partial charge in [0.2, 0.25) is 0 Å². The van der Waals surface area contributed by atoms with Crippen LogP contribution in [0.25, 0.3) is 0 Å². The van der Waals surface area contributed by atoms with E-state index in [1.54, 1.807) is 11.3 Å². The highest BCUT2D eigenvalue weighted by Gasteiger charge is 2.17. The molecule has 1 aromatic carbocycles. The monoisotopic (exact) mass is 416 g/mol. The molecule has 0 saturated carbocycles. The van der Waals surface area contributed by atoms with E-state index in [2.05, 4.69) is 75.1 Å². The van der Waals surface area contributed by atoms with Crippen molar-refractivity contribution in [2.75, 3.05) is 6.54 Å². The zero-order valence-electron chi connectivity index (χ0n) is 11.8. The summed E-state index contributed by atoms with van der Waals surface area (Å²) in [5, 5.41) is 4.75. The van der Waals surface area contributed by atoms with Crippen molar-refractivity contribution in [2.24, 2.45) is 0 Å². The normalized spacial score (nSPS) is 12.7. The van der Waals surface area contributed by atoms with Crippen LogP contribution in [0.4, 0.5) is 0 Å². The molecule has 1 aromatic heterocycles. The van der Waals surface area contributed by atoms with Gasteiger partial charge in [-0.1, -0.05) is 38.8 Å². The standard InChI is InChI=1S/C15H18Br2N2S/c1-4-18-14(8-15-19-9(2)10(3)20-15)12-7-11(16)5-6-13(12)17/h5-7,14,18H,4,8H2,1-3H3. The molecule has 0 aliphatic rings. The van der Waals surface area contributed by atoms with E-state index in [9.17, 15) is 0 Å². The van der Waals surface area contributed by atoms with Crippen molar-refractivity contribution < 1.29 is 0 Å². The zero-order chi connectivity index (χ0) is 14.7. The summed E-state index contributed by atoms with van der Waals surface area (Å²) in [7, 11) is 0. The highest BCUT2D eigenvalue weighted by molar-refractivity contribution is 9.11. The lowest BCUT2D eigenvalue weighted by Gasteiger charge is -2.19. The zero-order valence-corrected chi connectivity index (χ0v) is 15.8. The summed E-state index contributed by atoms with van der Waals surface area (Å²) in [5.74, 6) is 0. The minimum absolute atomic E-state index is 0.275. The number of benzene rings is 1. The lowest BCUT2D eigenvalue weighted by molar-refractivity contribution is 0.546. The molecule has 0 spiro atoms. The van der Waals surface area contributed by atoms with E-state index in [1.165, 1.54) is 15.4 Å². The number of likely N-dealkylation sites (N-methyl/N-ethyl adjacent to an activating group) is 1. The van der Waals surface area contributed by atoms with Gasteiger partial charge < -0.3 is 5.32 Å². The summed E-state index contributed by atoms with van der Waals surface area (Å²) >= 11 is 9.01. The number of aryl methyl sites for hydroxylation is 2. The van der Waals surface area contributed by atoms with E-state index in [0.29, 0.717) is 0 Å². The SMILES string of the molecule is CCNC(Cc1nc(C)c(C)s1)c1cc(Br)ccc1Br. The Morgan fingerprint density at radius 2 is 2.05 bits per heavy atom. The van der Waals surface area contributed by atoms with Crippen LogP contribution in [-0.4, -0.2) is 11.5 Å². The van der Waals surface area contributed by atoms with Crippen LogP contribution in [0.2, 0.25) is 0 Å². The third-order valence-electron chi connectivity index (χ3n) is 3.24. The second-order valence-electron chi connectivity index (χ2n) is 4.73. The molecule has 108 valence electrons. The number of nitrogens with zero attached hydrogens (tertiary/aromatic N) is 1. The van der Waals surface area contributed by atoms with Crippen LogP contribution in [0.1, 0.15) is 34.1 Å². The molecular formula is C15H18Br2N2S. The fourth-order valence-corrected chi connectivity index (χ4v) is 4.00. The van der Waals surface area contributed by atoms with Gasteiger partial charge in [0.05, 0.1) is 10.7 Å². The van der Waals surface area contributed by atoms with Crippen molar-refractivity contribution >= 4 is 43.2 Å². The number of thiazole rings is 1. The molecule has 0 fully saturated rings. The Morgan fingerprint density at radius 3 is 2.65 bits per heavy atom. The van der Waals surface area contributed by atoms with Crippen molar-refractivity contribution in [1.82, 2.24) is 10.3 Å². The number of hydrogen-bond donors (Lipinski definition) is 1. The summed E-state index contributed by atoms with van der Waals surface area (Å²) in [5.41, 5.74) is 2.42. The quantitative estimate of drug-likeness (QED) is 0.724. The first kappa shape index (κ1) is 16.1. The topological polar surface area (TPSA) is 24.9 Å². The lowest BCUT2D eigenvalue weighted by atomic mass is 10.0. The van der Waals surface area contributed by atoms with Gasteiger partial charge in [0, 0.05) is 26.3 Å². The maximum atomic E-state index is 4.66. The summed E-state index contributed by atoms with van der Waals surface area (Å²) in [6.07, 6.45) is 0.919. The second-order valence-corrected chi connectivity index (χ2v) is 7.79. The van der Waals surface area contributed by atoms with Crippen LogP contribution in [0, 0.1) is 13.8 Å². The number of rotatable bonds is 5. The highest BCUT2D eigenvalue weighted by atomic mass is 79.9. The number of halogens is 2. The Hall–Kier alpha value is -0.230. The average Bonchev–Trinajstić information content (AvgIpc) is 2.71. The Balaban J connectivity index is 2.28. The predicted octanol–water partition coefficient (Wildman–Crippen LogP) is 5.18. The van der Waals surface area contributed by atoms with E-state index in [4.69, 9.17) is 0 Å². The molecule has 2 nitrogen and oxygen atoms in total. The number of nitrogens with one attached hydrogen (secondary N) is 1. The van der Waals surface area contributed by atoms with E-state index in [-0.39, 0.29) is 6.04 Å². The molecule has 0 aliphatic carbocycles. The van der Waals surface area contributed by atoms with Gasteiger partial charge in [-0.2, -0.15) is 0 Å². The Morgan fingerprint density at radius 1 is 1.30 bits per heavy atom. The number of hydrogen-bond acceptors (Lipinski definition) is 3. The van der Waals surface area contributed by atoms with Crippen molar-refractivity contribution in [2.45, 2.75) is 33.2 Å². The molecule has 2 rings (SSSR count). The van der Waals surface area contributed by atoms with E-state index in [0.717, 1.165) is 27.6 Å². The molecule has 1 heterocycles. The van der Waals surface area contributed by atoms with Crippen molar-refractivity contribution in [3.8, 4) is 0 Å². The maximum absolute atomic E-state index is 4.66. The maximum Gasteiger partial charge on any atom is 0.0949 e. The molecule has 0 aliphatic heterocycles. The van der Waals surface area contributed by atoms with Gasteiger partial charge >= 0.3 is 0 Å². The van der Waals surface area contributed by atoms with E-state index >= 15 is 0 Å². The highest BCUT2D eigenvalue weighted by Crippen LogP contribution is 2.30. The molecular weight excluding hydrogens is 400 g/mol. The second kappa shape index (κ2) is 7.16. The third kappa shape index (κ3) is 3.91. The predicted molar refractivity (Wildman–Crippen MR) is 93.6 cm³/mol. The fraction of sp³-hybridized carbons (Fsp3) is 0.400. The van der Waals surface area contributed by atoms with Crippen molar-refractivity contribution in [3.63, 3.8) is 0 Å². The summed E-state index contributed by atoms with van der Waals surface area (Å²) in [6, 6.07) is 6.58. The van der Waals surface area contributed by atoms with Gasteiger partial charge in [-0.3, -0.25) is 0 Å². The minimum Gasteiger partial charge on any atom is -0.310 e. The van der Waals surface area contributed by atoms with Crippen LogP contribution in [0.15, 0.2) is 27.1 Å². The first-order chi connectivity index (χ1) is 9.51. The lowest BCUT2D eigenvalue weighted by Crippen LogP contribution is -2.23. The van der Waals surface area contributed by atoms with Gasteiger partial charge in [0.1, 0.15) is 0 Å². The molecule has 0 radical (unpaired) electrons. The fourth-order valence-electron chi connectivity index (χ4n) is 2.12. The molecule has 0 amide bonds. The molecule has 1 atom stereocenters. The number of aromatic nitrogens is 1. The first-order valence-electron chi connectivity index (χ1n) is 6.62. The molecule has 2 aromatic rings.